The lowest BCUT2D eigenvalue weighted by atomic mass is 10.1. The summed E-state index contributed by atoms with van der Waals surface area (Å²) in [7, 11) is 1.96. The van der Waals surface area contributed by atoms with Crippen LogP contribution in [0.4, 0.5) is 4.39 Å². The van der Waals surface area contributed by atoms with Gasteiger partial charge in [0.1, 0.15) is 5.82 Å². The molecule has 0 bridgehead atoms. The molecule has 0 saturated heterocycles. The Morgan fingerprint density at radius 2 is 2.16 bits per heavy atom. The smallest absolute Gasteiger partial charge is 0.224 e. The second-order valence-corrected chi connectivity index (χ2v) is 4.59. The molecule has 0 atom stereocenters. The molecule has 3 nitrogen and oxygen atoms in total. The Morgan fingerprint density at radius 1 is 1.32 bits per heavy atom. The minimum absolute atomic E-state index is 0.0819. The van der Waals surface area contributed by atoms with E-state index in [1.54, 1.807) is 12.1 Å². The first-order valence-electron chi connectivity index (χ1n) is 6.25. The highest BCUT2D eigenvalue weighted by Gasteiger charge is 2.04. The van der Waals surface area contributed by atoms with Crippen molar-refractivity contribution in [2.24, 2.45) is 7.05 Å². The quantitative estimate of drug-likeness (QED) is 0.877. The average molecular weight is 260 g/mol. The lowest BCUT2D eigenvalue weighted by Crippen LogP contribution is -2.27. The van der Waals surface area contributed by atoms with Crippen LogP contribution in [0.2, 0.25) is 0 Å². The van der Waals surface area contributed by atoms with Crippen molar-refractivity contribution in [1.29, 1.82) is 0 Å². The molecule has 0 unspecified atom stereocenters. The van der Waals surface area contributed by atoms with Crippen molar-refractivity contribution in [3.05, 3.63) is 59.7 Å². The summed E-state index contributed by atoms with van der Waals surface area (Å²) in [6.07, 6.45) is 5.02. The van der Waals surface area contributed by atoms with Gasteiger partial charge < -0.3 is 9.88 Å². The highest BCUT2D eigenvalue weighted by molar-refractivity contribution is 5.78. The first-order chi connectivity index (χ1) is 9.13. The maximum absolute atomic E-state index is 13.0. The van der Waals surface area contributed by atoms with Gasteiger partial charge in [0.2, 0.25) is 5.91 Å². The summed E-state index contributed by atoms with van der Waals surface area (Å²) in [4.78, 5) is 11.7. The van der Waals surface area contributed by atoms with Gasteiger partial charge in [-0.15, -0.1) is 0 Å². The molecule has 0 spiro atoms. The highest BCUT2D eigenvalue weighted by atomic mass is 19.1. The molecule has 4 heteroatoms. The molecule has 0 fully saturated rings. The zero-order valence-electron chi connectivity index (χ0n) is 10.9. The molecular weight excluding hydrogens is 243 g/mol. The van der Waals surface area contributed by atoms with Gasteiger partial charge in [0.25, 0.3) is 0 Å². The first kappa shape index (κ1) is 13.3. The molecule has 0 aliphatic carbocycles. The van der Waals surface area contributed by atoms with Gasteiger partial charge in [-0.3, -0.25) is 4.79 Å². The molecule has 2 rings (SSSR count). The fourth-order valence-corrected chi connectivity index (χ4v) is 1.95. The van der Waals surface area contributed by atoms with Crippen molar-refractivity contribution in [3.63, 3.8) is 0 Å². The van der Waals surface area contributed by atoms with Gasteiger partial charge in [-0.1, -0.05) is 12.1 Å². The van der Waals surface area contributed by atoms with E-state index in [0.29, 0.717) is 12.1 Å². The standard InChI is InChI=1S/C15H17FN2O/c1-18-8-6-12(11-18)5-7-17-15(19)10-13-3-2-4-14(16)9-13/h2-4,6,8-9,11H,5,7,10H2,1H3,(H,17,19). The highest BCUT2D eigenvalue weighted by Crippen LogP contribution is 2.04. The van der Waals surface area contributed by atoms with Crippen molar-refractivity contribution in [2.45, 2.75) is 12.8 Å². The zero-order valence-corrected chi connectivity index (χ0v) is 10.9. The van der Waals surface area contributed by atoms with Crippen LogP contribution < -0.4 is 5.32 Å². The van der Waals surface area contributed by atoms with E-state index in [1.165, 1.54) is 17.7 Å². The normalized spacial score (nSPS) is 10.4. The zero-order chi connectivity index (χ0) is 13.7. The number of aromatic nitrogens is 1. The predicted octanol–water partition coefficient (Wildman–Crippen LogP) is 2.07. The van der Waals surface area contributed by atoms with Crippen LogP contribution in [0.25, 0.3) is 0 Å². The maximum atomic E-state index is 13.0. The fourth-order valence-electron chi connectivity index (χ4n) is 1.95. The van der Waals surface area contributed by atoms with Crippen molar-refractivity contribution in [3.8, 4) is 0 Å². The van der Waals surface area contributed by atoms with Gasteiger partial charge in [0.05, 0.1) is 6.42 Å². The molecule has 0 saturated carbocycles. The van der Waals surface area contributed by atoms with E-state index in [2.05, 4.69) is 5.32 Å². The molecule has 1 amide bonds. The lowest BCUT2D eigenvalue weighted by Gasteiger charge is -2.04. The van der Waals surface area contributed by atoms with Crippen LogP contribution in [-0.4, -0.2) is 17.0 Å². The minimum atomic E-state index is -0.311. The Hall–Kier alpha value is -2.10. The molecule has 1 aromatic carbocycles. The van der Waals surface area contributed by atoms with Gasteiger partial charge in [0.15, 0.2) is 0 Å². The number of rotatable bonds is 5. The summed E-state index contributed by atoms with van der Waals surface area (Å²) >= 11 is 0. The Labute approximate surface area is 112 Å². The van der Waals surface area contributed by atoms with Crippen LogP contribution >= 0.6 is 0 Å². The molecule has 1 heterocycles. The van der Waals surface area contributed by atoms with E-state index < -0.39 is 0 Å². The van der Waals surface area contributed by atoms with E-state index in [9.17, 15) is 9.18 Å². The molecule has 19 heavy (non-hydrogen) atoms. The number of carbonyl (C=O) groups excluding carboxylic acids is 1. The van der Waals surface area contributed by atoms with E-state index >= 15 is 0 Å². The summed E-state index contributed by atoms with van der Waals surface area (Å²) in [6, 6.07) is 8.15. The number of hydrogen-bond acceptors (Lipinski definition) is 1. The third-order valence-electron chi connectivity index (χ3n) is 2.88. The van der Waals surface area contributed by atoms with Crippen molar-refractivity contribution < 1.29 is 9.18 Å². The Bertz CT molecular complexity index is 563. The number of amides is 1. The minimum Gasteiger partial charge on any atom is -0.357 e. The maximum Gasteiger partial charge on any atom is 0.224 e. The SMILES string of the molecule is Cn1ccc(CCNC(=O)Cc2cccc(F)c2)c1. The molecule has 2 aromatic rings. The lowest BCUT2D eigenvalue weighted by molar-refractivity contribution is -0.120. The third-order valence-corrected chi connectivity index (χ3v) is 2.88. The van der Waals surface area contributed by atoms with Crippen LogP contribution in [0, 0.1) is 5.82 Å². The molecule has 100 valence electrons. The first-order valence-corrected chi connectivity index (χ1v) is 6.25. The summed E-state index contributed by atoms with van der Waals surface area (Å²) in [6.45, 7) is 0.595. The second-order valence-electron chi connectivity index (χ2n) is 4.59. The van der Waals surface area contributed by atoms with E-state index in [0.717, 1.165) is 6.42 Å². The number of carbonyl (C=O) groups is 1. The molecule has 1 aromatic heterocycles. The van der Waals surface area contributed by atoms with E-state index in [4.69, 9.17) is 0 Å². The van der Waals surface area contributed by atoms with Crippen molar-refractivity contribution in [2.75, 3.05) is 6.54 Å². The average Bonchev–Trinajstić information content (AvgIpc) is 2.75. The molecule has 0 aliphatic rings. The van der Waals surface area contributed by atoms with Gasteiger partial charge in [0, 0.05) is 26.0 Å². The third kappa shape index (κ3) is 4.25. The Morgan fingerprint density at radius 3 is 2.84 bits per heavy atom. The summed E-state index contributed by atoms with van der Waals surface area (Å²) < 4.78 is 14.9. The number of nitrogens with zero attached hydrogens (tertiary/aromatic N) is 1. The number of hydrogen-bond donors (Lipinski definition) is 1. The van der Waals surface area contributed by atoms with Gasteiger partial charge in [-0.2, -0.15) is 0 Å². The van der Waals surface area contributed by atoms with E-state index in [-0.39, 0.29) is 18.1 Å². The summed E-state index contributed by atoms with van der Waals surface area (Å²) in [5.41, 5.74) is 1.88. The molecule has 0 aliphatic heterocycles. The van der Waals surface area contributed by atoms with Crippen LogP contribution in [-0.2, 0) is 24.7 Å². The van der Waals surface area contributed by atoms with E-state index in [1.807, 2.05) is 30.1 Å². The monoisotopic (exact) mass is 260 g/mol. The number of benzene rings is 1. The summed E-state index contributed by atoms with van der Waals surface area (Å²) in [5, 5.41) is 2.84. The van der Waals surface area contributed by atoms with Crippen LogP contribution in [0.15, 0.2) is 42.7 Å². The molecule has 1 N–H and O–H groups in total. The second kappa shape index (κ2) is 6.18. The van der Waals surface area contributed by atoms with Crippen LogP contribution in [0.1, 0.15) is 11.1 Å². The number of aryl methyl sites for hydroxylation is 1. The Kier molecular flexibility index (Phi) is 4.34. The topological polar surface area (TPSA) is 34.0 Å². The Balaban J connectivity index is 1.76. The number of nitrogens with one attached hydrogen (secondary N) is 1. The van der Waals surface area contributed by atoms with Gasteiger partial charge in [-0.05, 0) is 35.7 Å². The summed E-state index contributed by atoms with van der Waals surface area (Å²) in [5.74, 6) is -0.392. The van der Waals surface area contributed by atoms with Gasteiger partial charge in [-0.25, -0.2) is 4.39 Å². The number of halogens is 1. The fraction of sp³-hybridized carbons (Fsp3) is 0.267. The molecular formula is C15H17FN2O. The molecule has 0 radical (unpaired) electrons. The van der Waals surface area contributed by atoms with Gasteiger partial charge >= 0.3 is 0 Å². The predicted molar refractivity (Wildman–Crippen MR) is 72.2 cm³/mol. The van der Waals surface area contributed by atoms with Crippen molar-refractivity contribution in [1.82, 2.24) is 9.88 Å². The van der Waals surface area contributed by atoms with Crippen LogP contribution in [0.5, 0.6) is 0 Å². The van der Waals surface area contributed by atoms with Crippen molar-refractivity contribution >= 4 is 5.91 Å². The largest absolute Gasteiger partial charge is 0.357 e. The van der Waals surface area contributed by atoms with Crippen LogP contribution in [0.3, 0.4) is 0 Å².